The van der Waals surface area contributed by atoms with E-state index in [9.17, 15) is 41.8 Å². The molecule has 0 aromatic heterocycles. The second-order valence-electron chi connectivity index (χ2n) is 10.5. The second kappa shape index (κ2) is 14.1. The van der Waals surface area contributed by atoms with Crippen LogP contribution in [0.4, 0.5) is 13.2 Å². The van der Waals surface area contributed by atoms with Gasteiger partial charge in [-0.15, -0.1) is 0 Å². The van der Waals surface area contributed by atoms with Gasteiger partial charge in [0.25, 0.3) is 0 Å². The van der Waals surface area contributed by atoms with Crippen LogP contribution in [-0.2, 0) is 25.7 Å². The summed E-state index contributed by atoms with van der Waals surface area (Å²) in [5, 5.41) is 15.8. The molecule has 0 radical (unpaired) electrons. The van der Waals surface area contributed by atoms with Gasteiger partial charge >= 0.3 is 24.1 Å². The molecule has 0 unspecified atom stereocenters. The van der Waals surface area contributed by atoms with Crippen LogP contribution in [0.5, 0.6) is 5.75 Å². The summed E-state index contributed by atoms with van der Waals surface area (Å²) >= 11 is 0. The number of fused-ring (bicyclic) bond motifs is 1. The molecule has 0 saturated carbocycles. The summed E-state index contributed by atoms with van der Waals surface area (Å²) in [6.45, 7) is 3.77. The third-order valence-corrected chi connectivity index (χ3v) is 9.48. The zero-order valence-electron chi connectivity index (χ0n) is 24.1. The maximum absolute atomic E-state index is 12.4. The lowest BCUT2D eigenvalue weighted by Crippen LogP contribution is -2.49. The number of unbranched alkanes of at least 4 members (excludes halogenated alkanes) is 1. The first-order chi connectivity index (χ1) is 20.2. The zero-order chi connectivity index (χ0) is 32.0. The topological polar surface area (TPSA) is 154 Å². The van der Waals surface area contributed by atoms with E-state index in [4.69, 9.17) is 4.74 Å². The van der Waals surface area contributed by atoms with Crippen LogP contribution in [0.25, 0.3) is 0 Å². The zero-order valence-corrected chi connectivity index (χ0v) is 24.9. The Bertz CT molecular complexity index is 1310. The molecule has 238 valence electrons. The Morgan fingerprint density at radius 3 is 2.40 bits per heavy atom. The Morgan fingerprint density at radius 1 is 1.16 bits per heavy atom. The van der Waals surface area contributed by atoms with Crippen molar-refractivity contribution < 1.29 is 51.2 Å². The molecule has 0 fully saturated rings. The number of carboxylic acids is 1. The molecule has 0 bridgehead atoms. The van der Waals surface area contributed by atoms with Crippen molar-refractivity contribution in [3.63, 3.8) is 0 Å². The van der Waals surface area contributed by atoms with Crippen molar-refractivity contribution in [1.82, 2.24) is 10.6 Å². The standard InChI is InChI=1S/C29H37F3N2O8S/c1-4-6-12-28(5-2)17-43(39,40)23-13-19(16-33-21(26(36)37)15-24(35)42-27(38)29(30,31)32)22(41-3)14-20(23)25(34-28)18-10-8-7-9-11-18/h7-11,13-14,21,25,33-34,39-40H,4-6,12,15-17H2,1-3H3,(H,36,37)/t21-,25+,28+/m0/s1. The van der Waals surface area contributed by atoms with Gasteiger partial charge in [0.15, 0.2) is 0 Å². The summed E-state index contributed by atoms with van der Waals surface area (Å²) in [4.78, 5) is 34.8. The first kappa shape index (κ1) is 34.3. The molecule has 10 nitrogen and oxygen atoms in total. The summed E-state index contributed by atoms with van der Waals surface area (Å²) in [7, 11) is -2.01. The van der Waals surface area contributed by atoms with Gasteiger partial charge in [0.2, 0.25) is 0 Å². The van der Waals surface area contributed by atoms with E-state index in [2.05, 4.69) is 22.3 Å². The number of hydrogen-bond acceptors (Lipinski definition) is 9. The van der Waals surface area contributed by atoms with Gasteiger partial charge in [-0.3, -0.25) is 29.3 Å². The van der Waals surface area contributed by atoms with Crippen molar-refractivity contribution in [2.75, 3.05) is 12.9 Å². The van der Waals surface area contributed by atoms with Crippen molar-refractivity contribution in [2.45, 2.75) is 81.2 Å². The highest BCUT2D eigenvalue weighted by Crippen LogP contribution is 2.58. The molecule has 2 aromatic rings. The highest BCUT2D eigenvalue weighted by molar-refractivity contribution is 8.24. The van der Waals surface area contributed by atoms with Gasteiger partial charge in [-0.1, -0.05) is 57.0 Å². The number of rotatable bonds is 12. The summed E-state index contributed by atoms with van der Waals surface area (Å²) < 4.78 is 69.9. The number of nitrogens with one attached hydrogen (secondary N) is 2. The van der Waals surface area contributed by atoms with Crippen molar-refractivity contribution in [2.24, 2.45) is 0 Å². The Labute approximate surface area is 249 Å². The fraction of sp³-hybridized carbons (Fsp3) is 0.483. The number of alkyl halides is 3. The minimum atomic E-state index is -5.42. The lowest BCUT2D eigenvalue weighted by molar-refractivity contribution is -0.202. The first-order valence-corrected chi connectivity index (χ1v) is 15.4. The van der Waals surface area contributed by atoms with Gasteiger partial charge in [0.1, 0.15) is 11.8 Å². The van der Waals surface area contributed by atoms with Crippen LogP contribution < -0.4 is 15.4 Å². The SMILES string of the molecule is CCCC[C@]1(CC)CS(O)(O)c2cc(CN[C@@H](CC(=O)OC(=O)C(F)(F)F)C(=O)O)c(OC)cc2[C@@H](c2ccccc2)N1. The predicted molar refractivity (Wildman–Crippen MR) is 153 cm³/mol. The average Bonchev–Trinajstić information content (AvgIpc) is 3.05. The lowest BCUT2D eigenvalue weighted by Gasteiger charge is -2.42. The summed E-state index contributed by atoms with van der Waals surface area (Å²) in [6.07, 6.45) is -3.39. The van der Waals surface area contributed by atoms with Gasteiger partial charge in [-0.25, -0.2) is 4.79 Å². The van der Waals surface area contributed by atoms with Crippen LogP contribution in [0.15, 0.2) is 47.4 Å². The van der Waals surface area contributed by atoms with E-state index >= 15 is 0 Å². The minimum Gasteiger partial charge on any atom is -0.496 e. The third kappa shape index (κ3) is 8.48. The predicted octanol–water partition coefficient (Wildman–Crippen LogP) is 5.40. The summed E-state index contributed by atoms with van der Waals surface area (Å²) in [5.74, 6) is -5.68. The largest absolute Gasteiger partial charge is 0.496 e. The molecule has 1 heterocycles. The number of carboxylic acid groups (broad SMARTS) is 1. The number of aliphatic carboxylic acids is 1. The van der Waals surface area contributed by atoms with Crippen molar-refractivity contribution in [3.05, 3.63) is 59.2 Å². The van der Waals surface area contributed by atoms with Crippen molar-refractivity contribution in [3.8, 4) is 5.75 Å². The van der Waals surface area contributed by atoms with E-state index in [1.54, 1.807) is 6.07 Å². The van der Waals surface area contributed by atoms with Crippen LogP contribution in [0.1, 0.15) is 68.7 Å². The van der Waals surface area contributed by atoms with E-state index < -0.39 is 58.7 Å². The third-order valence-electron chi connectivity index (χ3n) is 7.47. The van der Waals surface area contributed by atoms with E-state index in [1.165, 1.54) is 13.2 Å². The average molecular weight is 631 g/mol. The number of hydrogen-bond donors (Lipinski definition) is 5. The molecule has 43 heavy (non-hydrogen) atoms. The van der Waals surface area contributed by atoms with Crippen LogP contribution in [-0.4, -0.2) is 62.7 Å². The second-order valence-corrected chi connectivity index (χ2v) is 12.5. The molecule has 0 amide bonds. The highest BCUT2D eigenvalue weighted by Gasteiger charge is 2.44. The Hall–Kier alpha value is -3.17. The van der Waals surface area contributed by atoms with E-state index in [1.807, 2.05) is 37.3 Å². The normalized spacial score (nSPS) is 21.2. The molecule has 1 aliphatic rings. The first-order valence-electron chi connectivity index (χ1n) is 13.7. The number of carbonyl (C=O) groups excluding carboxylic acids is 2. The molecular weight excluding hydrogens is 593 g/mol. The fourth-order valence-electron chi connectivity index (χ4n) is 5.14. The molecule has 0 aliphatic carbocycles. The fourth-order valence-corrected chi connectivity index (χ4v) is 7.38. The molecule has 1 aliphatic heterocycles. The summed E-state index contributed by atoms with van der Waals surface area (Å²) in [5.41, 5.74) is 1.17. The Balaban J connectivity index is 2.00. The monoisotopic (exact) mass is 630 g/mol. The van der Waals surface area contributed by atoms with Gasteiger partial charge in [0.05, 0.1) is 30.2 Å². The molecule has 14 heteroatoms. The highest BCUT2D eigenvalue weighted by atomic mass is 32.3. The maximum Gasteiger partial charge on any atom is 0.491 e. The van der Waals surface area contributed by atoms with Gasteiger partial charge < -0.3 is 14.6 Å². The smallest absolute Gasteiger partial charge is 0.491 e. The molecule has 2 aromatic carbocycles. The number of halogens is 3. The molecule has 3 rings (SSSR count). The minimum absolute atomic E-state index is 0.0445. The lowest BCUT2D eigenvalue weighted by atomic mass is 9.88. The quantitative estimate of drug-likeness (QED) is 0.152. The Morgan fingerprint density at radius 2 is 1.84 bits per heavy atom. The number of benzene rings is 2. The van der Waals surface area contributed by atoms with Crippen molar-refractivity contribution in [1.29, 1.82) is 0 Å². The summed E-state index contributed by atoms with van der Waals surface area (Å²) in [6, 6.07) is 10.5. The van der Waals surface area contributed by atoms with Gasteiger partial charge in [-0.2, -0.15) is 23.8 Å². The molecule has 5 N–H and O–H groups in total. The number of ether oxygens (including phenoxy) is 2. The Kier molecular flexibility index (Phi) is 11.2. The van der Waals surface area contributed by atoms with Gasteiger partial charge in [0, 0.05) is 23.2 Å². The van der Waals surface area contributed by atoms with E-state index in [-0.39, 0.29) is 22.9 Å². The molecular formula is C29H37F3N2O8S. The van der Waals surface area contributed by atoms with Gasteiger partial charge in [-0.05, 0) is 30.5 Å². The molecule has 3 atom stereocenters. The van der Waals surface area contributed by atoms with Crippen LogP contribution in [0.3, 0.4) is 0 Å². The van der Waals surface area contributed by atoms with Crippen LogP contribution in [0.2, 0.25) is 0 Å². The number of carbonyl (C=O) groups is 3. The van der Waals surface area contributed by atoms with Crippen LogP contribution >= 0.6 is 10.6 Å². The van der Waals surface area contributed by atoms with E-state index in [0.717, 1.165) is 18.4 Å². The number of esters is 2. The van der Waals surface area contributed by atoms with Crippen LogP contribution in [0, 0.1) is 0 Å². The molecule has 0 spiro atoms. The van der Waals surface area contributed by atoms with Crippen molar-refractivity contribution >= 4 is 28.5 Å². The van der Waals surface area contributed by atoms with E-state index in [0.29, 0.717) is 24.0 Å². The maximum atomic E-state index is 12.4. The molecule has 0 saturated heterocycles. The number of methoxy groups -OCH3 is 1.